The third-order valence-corrected chi connectivity index (χ3v) is 7.12. The number of nitrogens with two attached hydrogens (primary N) is 2. The molecule has 2 bridgehead atoms. The molecule has 9 nitrogen and oxygen atoms in total. The zero-order chi connectivity index (χ0) is 27.2. The zero-order valence-electron chi connectivity index (χ0n) is 21.6. The second-order valence-electron chi connectivity index (χ2n) is 9.89. The number of Topliss-reactive ketones (excluding diaryl/α,β-unsaturated/α-hetero) is 1. The number of hydrogen-bond acceptors (Lipinski definition) is 7. The van der Waals surface area contributed by atoms with E-state index in [4.69, 9.17) is 20.9 Å². The fraction of sp³-hybridized carbons (Fsp3) is 0.448. The number of guanidine groups is 1. The maximum absolute atomic E-state index is 12.6. The molecule has 0 saturated heterocycles. The number of carbonyl (C=O) groups is 1. The van der Waals surface area contributed by atoms with Crippen molar-refractivity contribution >= 4 is 11.7 Å². The SMILES string of the molecule is COc1c(O)ccc2c1C#CCc1cc(c3c(c1O)OC[C@H](CCN=C(N)N)C3)CC[C@@H](O)CC(=O)CC2. The van der Waals surface area contributed by atoms with Crippen LogP contribution in [0.15, 0.2) is 23.2 Å². The summed E-state index contributed by atoms with van der Waals surface area (Å²) in [7, 11) is 1.46. The van der Waals surface area contributed by atoms with Gasteiger partial charge in [-0.2, -0.15) is 0 Å². The van der Waals surface area contributed by atoms with E-state index in [0.717, 1.165) is 23.1 Å². The van der Waals surface area contributed by atoms with Crippen LogP contribution in [-0.4, -0.2) is 53.4 Å². The lowest BCUT2D eigenvalue weighted by Crippen LogP contribution is -2.26. The Hall–Kier alpha value is -3.90. The highest BCUT2D eigenvalue weighted by atomic mass is 16.5. The van der Waals surface area contributed by atoms with E-state index in [-0.39, 0.29) is 54.2 Å². The lowest BCUT2D eigenvalue weighted by atomic mass is 9.86. The topological polar surface area (TPSA) is 161 Å². The molecule has 0 unspecified atom stereocenters. The van der Waals surface area contributed by atoms with Crippen LogP contribution in [0.2, 0.25) is 0 Å². The van der Waals surface area contributed by atoms with Gasteiger partial charge in [-0.1, -0.05) is 24.0 Å². The molecule has 0 fully saturated rings. The molecule has 1 aliphatic heterocycles. The van der Waals surface area contributed by atoms with Crippen molar-refractivity contribution in [1.29, 1.82) is 0 Å². The number of aliphatic hydroxyl groups is 1. The molecule has 38 heavy (non-hydrogen) atoms. The lowest BCUT2D eigenvalue weighted by Gasteiger charge is -2.29. The highest BCUT2D eigenvalue weighted by Crippen LogP contribution is 2.42. The molecule has 1 heterocycles. The van der Waals surface area contributed by atoms with Gasteiger partial charge in [-0.3, -0.25) is 9.79 Å². The van der Waals surface area contributed by atoms with Crippen LogP contribution in [0, 0.1) is 17.8 Å². The van der Waals surface area contributed by atoms with Gasteiger partial charge in [0.25, 0.3) is 0 Å². The Kier molecular flexibility index (Phi) is 8.64. The molecule has 9 heteroatoms. The number of rotatable bonds is 4. The van der Waals surface area contributed by atoms with Crippen molar-refractivity contribution in [1.82, 2.24) is 0 Å². The Morgan fingerprint density at radius 1 is 1.16 bits per heavy atom. The van der Waals surface area contributed by atoms with Gasteiger partial charge in [0.1, 0.15) is 5.78 Å². The normalized spacial score (nSPS) is 19.4. The number of aliphatic hydroxyl groups excluding tert-OH is 1. The Labute approximate surface area is 222 Å². The summed E-state index contributed by atoms with van der Waals surface area (Å²) >= 11 is 0. The summed E-state index contributed by atoms with van der Waals surface area (Å²) in [5, 5.41) is 32.0. The monoisotopic (exact) mass is 521 g/mol. The number of ketones is 1. The highest BCUT2D eigenvalue weighted by molar-refractivity contribution is 5.79. The molecule has 202 valence electrons. The van der Waals surface area contributed by atoms with Gasteiger partial charge in [0.15, 0.2) is 29.0 Å². The Morgan fingerprint density at radius 3 is 2.74 bits per heavy atom. The molecule has 0 spiro atoms. The molecule has 2 atom stereocenters. The Morgan fingerprint density at radius 2 is 1.97 bits per heavy atom. The van der Waals surface area contributed by atoms with Crippen LogP contribution < -0.4 is 20.9 Å². The average Bonchev–Trinajstić information content (AvgIpc) is 2.88. The van der Waals surface area contributed by atoms with Crippen molar-refractivity contribution in [3.63, 3.8) is 0 Å². The average molecular weight is 522 g/mol. The van der Waals surface area contributed by atoms with Gasteiger partial charge in [0, 0.05) is 36.9 Å². The van der Waals surface area contributed by atoms with Crippen molar-refractivity contribution in [3.8, 4) is 34.8 Å². The standard InChI is InChI=1S/C29H35N3O6/c1-37-27-23-4-2-3-20-14-19(6-9-22(34)15-21(33)8-5-18(23)7-10-25(27)35)24-13-17(11-12-32-29(30)31)16-38-28(24)26(20)36/h7,10,14,17,22,34-36H,3,5-6,8-9,11-13,15-16H2,1H3,(H4,30,31,32)/t17-,22-/m1/s1. The third-order valence-electron chi connectivity index (χ3n) is 7.12. The van der Waals surface area contributed by atoms with E-state index in [2.05, 4.69) is 16.8 Å². The van der Waals surface area contributed by atoms with Crippen molar-refractivity contribution in [3.05, 3.63) is 46.0 Å². The van der Waals surface area contributed by atoms with Gasteiger partial charge in [-0.05, 0) is 55.2 Å². The predicted octanol–water partition coefficient (Wildman–Crippen LogP) is 2.11. The quantitative estimate of drug-likeness (QED) is 0.232. The summed E-state index contributed by atoms with van der Waals surface area (Å²) in [6, 6.07) is 5.17. The minimum absolute atomic E-state index is 0.0399. The summed E-state index contributed by atoms with van der Waals surface area (Å²) in [4.78, 5) is 16.7. The van der Waals surface area contributed by atoms with Crippen LogP contribution >= 0.6 is 0 Å². The molecule has 0 aromatic heterocycles. The smallest absolute Gasteiger partial charge is 0.185 e. The van der Waals surface area contributed by atoms with Crippen LogP contribution in [0.4, 0.5) is 0 Å². The molecule has 4 rings (SSSR count). The van der Waals surface area contributed by atoms with E-state index in [1.165, 1.54) is 13.2 Å². The van der Waals surface area contributed by atoms with Crippen molar-refractivity contribution in [2.75, 3.05) is 20.3 Å². The number of phenols is 2. The molecule has 2 aromatic carbocycles. The molecule has 0 radical (unpaired) electrons. The van der Waals surface area contributed by atoms with Crippen molar-refractivity contribution in [2.45, 2.75) is 57.5 Å². The summed E-state index contributed by atoms with van der Waals surface area (Å²) in [6.07, 6.45) is 2.52. The van der Waals surface area contributed by atoms with Gasteiger partial charge in [0.05, 0.1) is 25.4 Å². The van der Waals surface area contributed by atoms with Crippen molar-refractivity contribution in [2.24, 2.45) is 22.4 Å². The van der Waals surface area contributed by atoms with E-state index in [9.17, 15) is 20.1 Å². The number of aliphatic imine (C=N–C) groups is 1. The fourth-order valence-electron chi connectivity index (χ4n) is 5.10. The number of hydrogen-bond donors (Lipinski definition) is 5. The minimum Gasteiger partial charge on any atom is -0.504 e. The zero-order valence-corrected chi connectivity index (χ0v) is 21.6. The first kappa shape index (κ1) is 27.1. The van der Waals surface area contributed by atoms with Gasteiger partial charge in [-0.15, -0.1) is 0 Å². The number of ether oxygens (including phenoxy) is 2. The summed E-state index contributed by atoms with van der Waals surface area (Å²) in [5.41, 5.74) is 14.7. The Balaban J connectivity index is 1.72. The first-order valence-corrected chi connectivity index (χ1v) is 12.9. The van der Waals surface area contributed by atoms with Crippen LogP contribution in [0.25, 0.3) is 0 Å². The molecular formula is C29H35N3O6. The highest BCUT2D eigenvalue weighted by Gasteiger charge is 2.27. The van der Waals surface area contributed by atoms with E-state index in [0.29, 0.717) is 55.7 Å². The summed E-state index contributed by atoms with van der Waals surface area (Å²) in [5.74, 6) is 7.09. The number of methoxy groups -OCH3 is 1. The predicted molar refractivity (Wildman–Crippen MR) is 144 cm³/mol. The maximum atomic E-state index is 12.6. The van der Waals surface area contributed by atoms with Crippen LogP contribution in [0.5, 0.6) is 23.0 Å². The molecule has 2 aliphatic rings. The third kappa shape index (κ3) is 6.32. The number of aromatic hydroxyl groups is 2. The molecule has 0 saturated carbocycles. The van der Waals surface area contributed by atoms with Crippen LogP contribution in [-0.2, 0) is 30.5 Å². The van der Waals surface area contributed by atoms with Gasteiger partial charge in [-0.25, -0.2) is 0 Å². The second-order valence-corrected chi connectivity index (χ2v) is 9.89. The van der Waals surface area contributed by atoms with Crippen LogP contribution in [0.3, 0.4) is 0 Å². The number of phenolic OH excluding ortho intramolecular Hbond substituents is 2. The molecule has 0 amide bonds. The maximum Gasteiger partial charge on any atom is 0.185 e. The van der Waals surface area contributed by atoms with E-state index in [1.807, 2.05) is 6.07 Å². The molecule has 1 aliphatic carbocycles. The molecular weight excluding hydrogens is 486 g/mol. The summed E-state index contributed by atoms with van der Waals surface area (Å²) in [6.45, 7) is 0.915. The lowest BCUT2D eigenvalue weighted by molar-refractivity contribution is -0.121. The molecule has 2 aromatic rings. The van der Waals surface area contributed by atoms with Gasteiger partial charge >= 0.3 is 0 Å². The number of carbonyl (C=O) groups excluding carboxylic acids is 1. The Bertz CT molecular complexity index is 1290. The van der Waals surface area contributed by atoms with Crippen molar-refractivity contribution < 1.29 is 29.6 Å². The first-order chi connectivity index (χ1) is 18.3. The van der Waals surface area contributed by atoms with E-state index in [1.54, 1.807) is 6.07 Å². The van der Waals surface area contributed by atoms with Gasteiger partial charge in [0.2, 0.25) is 0 Å². The van der Waals surface area contributed by atoms with Gasteiger partial charge < -0.3 is 36.3 Å². The number of benzene rings is 2. The second kappa shape index (κ2) is 12.1. The largest absolute Gasteiger partial charge is 0.504 e. The fourth-order valence-corrected chi connectivity index (χ4v) is 5.10. The molecule has 7 N–H and O–H groups in total. The number of fused-ring (bicyclic) bond motifs is 5. The number of nitrogens with zero attached hydrogens (tertiary/aromatic N) is 1. The summed E-state index contributed by atoms with van der Waals surface area (Å²) < 4.78 is 11.4. The van der Waals surface area contributed by atoms with E-state index >= 15 is 0 Å². The van der Waals surface area contributed by atoms with E-state index < -0.39 is 6.10 Å². The number of aryl methyl sites for hydroxylation is 2. The van der Waals surface area contributed by atoms with Crippen LogP contribution in [0.1, 0.15) is 53.5 Å². The minimum atomic E-state index is -0.784. The first-order valence-electron chi connectivity index (χ1n) is 12.9.